The minimum Gasteiger partial charge on any atom is -0.502 e. The summed E-state index contributed by atoms with van der Waals surface area (Å²) in [6.07, 6.45) is -0.807. The molecule has 1 aromatic carbocycles. The number of hydrogen-bond donors (Lipinski definition) is 2. The first-order valence-electron chi connectivity index (χ1n) is 4.88. The van der Waals surface area contributed by atoms with E-state index in [9.17, 15) is 20.0 Å². The fourth-order valence-electron chi connectivity index (χ4n) is 1.24. The van der Waals surface area contributed by atoms with Crippen LogP contribution in [0.4, 0.5) is 16.2 Å². The van der Waals surface area contributed by atoms with Crippen molar-refractivity contribution < 1.29 is 19.6 Å². The number of ether oxygens (including phenoxy) is 1. The molecule has 0 atom stereocenters. The maximum Gasteiger partial charge on any atom is 0.411 e. The number of phenols is 1. The Bertz CT molecular complexity index is 458. The summed E-state index contributed by atoms with van der Waals surface area (Å²) >= 11 is 0. The number of amides is 1. The molecule has 0 aliphatic rings. The summed E-state index contributed by atoms with van der Waals surface area (Å²) in [5.74, 6) is -0.468. The summed E-state index contributed by atoms with van der Waals surface area (Å²) in [5, 5.41) is 22.5. The molecule has 0 fully saturated rings. The molecule has 0 radical (unpaired) electrons. The number of benzene rings is 1. The predicted molar refractivity (Wildman–Crippen MR) is 60.1 cm³/mol. The Balaban J connectivity index is 3.11. The van der Waals surface area contributed by atoms with Crippen molar-refractivity contribution in [1.82, 2.24) is 0 Å². The van der Waals surface area contributed by atoms with E-state index >= 15 is 0 Å². The van der Waals surface area contributed by atoms with Gasteiger partial charge in [0.25, 0.3) is 0 Å². The lowest BCUT2D eigenvalue weighted by molar-refractivity contribution is -0.385. The van der Waals surface area contributed by atoms with E-state index in [2.05, 4.69) is 10.1 Å². The van der Waals surface area contributed by atoms with Crippen LogP contribution in [0.1, 0.15) is 12.5 Å². The predicted octanol–water partition coefficient (Wildman–Crippen LogP) is 2.18. The summed E-state index contributed by atoms with van der Waals surface area (Å²) in [6.45, 7) is 3.29. The van der Waals surface area contributed by atoms with Crippen LogP contribution in [0.2, 0.25) is 0 Å². The van der Waals surface area contributed by atoms with Crippen molar-refractivity contribution in [3.8, 4) is 5.75 Å². The first kappa shape index (κ1) is 12.8. The average Bonchev–Trinajstić information content (AvgIpc) is 2.23. The molecule has 0 heterocycles. The fraction of sp³-hybridized carbons (Fsp3) is 0.300. The van der Waals surface area contributed by atoms with Gasteiger partial charge < -0.3 is 9.84 Å². The van der Waals surface area contributed by atoms with Crippen LogP contribution in [0.3, 0.4) is 0 Å². The van der Waals surface area contributed by atoms with Crippen molar-refractivity contribution >= 4 is 17.5 Å². The summed E-state index contributed by atoms with van der Waals surface area (Å²) < 4.78 is 4.60. The zero-order valence-electron chi connectivity index (χ0n) is 9.39. The largest absolute Gasteiger partial charge is 0.502 e. The number of phenolic OH excluding ortho intramolecular Hbond substituents is 1. The summed E-state index contributed by atoms with van der Waals surface area (Å²) in [7, 11) is 0. The zero-order valence-corrected chi connectivity index (χ0v) is 9.39. The molecule has 7 nitrogen and oxygen atoms in total. The molecule has 17 heavy (non-hydrogen) atoms. The lowest BCUT2D eigenvalue weighted by Crippen LogP contribution is -2.14. The third-order valence-electron chi connectivity index (χ3n) is 2.05. The highest BCUT2D eigenvalue weighted by atomic mass is 16.6. The summed E-state index contributed by atoms with van der Waals surface area (Å²) in [4.78, 5) is 21.2. The second-order valence-electron chi connectivity index (χ2n) is 3.23. The van der Waals surface area contributed by atoms with Crippen molar-refractivity contribution in [3.63, 3.8) is 0 Å². The second-order valence-corrected chi connectivity index (χ2v) is 3.23. The van der Waals surface area contributed by atoms with E-state index in [0.717, 1.165) is 0 Å². The number of carbonyl (C=O) groups excluding carboxylic acids is 1. The van der Waals surface area contributed by atoms with Gasteiger partial charge in [0.05, 0.1) is 11.5 Å². The molecule has 0 saturated carbocycles. The van der Waals surface area contributed by atoms with Crippen LogP contribution in [-0.2, 0) is 4.74 Å². The molecular weight excluding hydrogens is 228 g/mol. The maximum absolute atomic E-state index is 11.1. The molecule has 92 valence electrons. The van der Waals surface area contributed by atoms with Crippen LogP contribution in [0, 0.1) is 17.0 Å². The van der Waals surface area contributed by atoms with Crippen LogP contribution in [0.5, 0.6) is 5.75 Å². The Morgan fingerprint density at radius 3 is 2.76 bits per heavy atom. The second kappa shape index (κ2) is 5.15. The van der Waals surface area contributed by atoms with Gasteiger partial charge in [-0.15, -0.1) is 0 Å². The topological polar surface area (TPSA) is 102 Å². The Hall–Kier alpha value is -2.31. The van der Waals surface area contributed by atoms with E-state index in [1.165, 1.54) is 19.1 Å². The molecule has 7 heteroatoms. The normalized spacial score (nSPS) is 9.76. The van der Waals surface area contributed by atoms with Gasteiger partial charge in [0, 0.05) is 0 Å². The molecular formula is C10H12N2O5. The smallest absolute Gasteiger partial charge is 0.411 e. The first-order chi connectivity index (χ1) is 7.97. The van der Waals surface area contributed by atoms with Gasteiger partial charge in [0.15, 0.2) is 5.75 Å². The van der Waals surface area contributed by atoms with E-state index in [0.29, 0.717) is 5.56 Å². The van der Waals surface area contributed by atoms with Gasteiger partial charge in [0.1, 0.15) is 5.69 Å². The van der Waals surface area contributed by atoms with Crippen LogP contribution >= 0.6 is 0 Å². The lowest BCUT2D eigenvalue weighted by atomic mass is 10.1. The Kier molecular flexibility index (Phi) is 3.86. The van der Waals surface area contributed by atoms with Crippen molar-refractivity contribution in [2.45, 2.75) is 13.8 Å². The van der Waals surface area contributed by atoms with Gasteiger partial charge in [-0.1, -0.05) is 6.07 Å². The molecule has 0 bridgehead atoms. The monoisotopic (exact) mass is 240 g/mol. The number of hydrogen-bond acceptors (Lipinski definition) is 5. The number of aryl methyl sites for hydroxylation is 1. The SMILES string of the molecule is CCOC(=O)Nc1ccc(C)c(O)c1[N+](=O)[O-]. The number of nitro benzene ring substituents is 1. The number of nitrogens with zero attached hydrogens (tertiary/aromatic N) is 1. The number of aromatic hydroxyl groups is 1. The Morgan fingerprint density at radius 2 is 2.24 bits per heavy atom. The van der Waals surface area contributed by atoms with E-state index in [4.69, 9.17) is 0 Å². The van der Waals surface area contributed by atoms with Crippen molar-refractivity contribution in [2.75, 3.05) is 11.9 Å². The number of anilines is 1. The van der Waals surface area contributed by atoms with Crippen LogP contribution in [-0.4, -0.2) is 22.7 Å². The van der Waals surface area contributed by atoms with E-state index in [1.807, 2.05) is 0 Å². The molecule has 0 unspecified atom stereocenters. The Morgan fingerprint density at radius 1 is 1.59 bits per heavy atom. The van der Waals surface area contributed by atoms with E-state index in [-0.39, 0.29) is 12.3 Å². The summed E-state index contributed by atoms with van der Waals surface area (Å²) in [6, 6.07) is 2.80. The molecule has 0 aromatic heterocycles. The molecule has 2 N–H and O–H groups in total. The first-order valence-corrected chi connectivity index (χ1v) is 4.88. The third kappa shape index (κ3) is 2.83. The van der Waals surface area contributed by atoms with Gasteiger partial charge in [-0.05, 0) is 25.5 Å². The number of nitro groups is 1. The molecule has 1 amide bonds. The highest BCUT2D eigenvalue weighted by Gasteiger charge is 2.23. The molecule has 0 aliphatic carbocycles. The van der Waals surface area contributed by atoms with Crippen LogP contribution in [0.15, 0.2) is 12.1 Å². The van der Waals surface area contributed by atoms with Crippen molar-refractivity contribution in [1.29, 1.82) is 0 Å². The fourth-order valence-corrected chi connectivity index (χ4v) is 1.24. The number of nitrogens with one attached hydrogen (secondary N) is 1. The summed E-state index contributed by atoms with van der Waals surface area (Å²) in [5.41, 5.74) is -0.291. The van der Waals surface area contributed by atoms with E-state index in [1.54, 1.807) is 6.92 Å². The van der Waals surface area contributed by atoms with E-state index < -0.39 is 22.5 Å². The minimum atomic E-state index is -0.807. The van der Waals surface area contributed by atoms with Gasteiger partial charge in [-0.25, -0.2) is 4.79 Å². The molecule has 0 saturated heterocycles. The molecule has 1 rings (SSSR count). The van der Waals surface area contributed by atoms with Gasteiger partial charge in [-0.2, -0.15) is 0 Å². The van der Waals surface area contributed by atoms with Crippen molar-refractivity contribution in [3.05, 3.63) is 27.8 Å². The zero-order chi connectivity index (χ0) is 13.0. The van der Waals surface area contributed by atoms with Gasteiger partial charge in [0.2, 0.25) is 0 Å². The Labute approximate surface area is 97.2 Å². The third-order valence-corrected chi connectivity index (χ3v) is 2.05. The van der Waals surface area contributed by atoms with Crippen LogP contribution < -0.4 is 5.32 Å². The van der Waals surface area contributed by atoms with Gasteiger partial charge >= 0.3 is 11.8 Å². The quantitative estimate of drug-likeness (QED) is 0.622. The minimum absolute atomic E-state index is 0.100. The highest BCUT2D eigenvalue weighted by Crippen LogP contribution is 2.36. The number of carbonyl (C=O) groups is 1. The number of rotatable bonds is 3. The van der Waals surface area contributed by atoms with Gasteiger partial charge in [-0.3, -0.25) is 15.4 Å². The standard InChI is InChI=1S/C10H12N2O5/c1-3-17-10(14)11-7-5-4-6(2)9(13)8(7)12(15)16/h4-5,13H,3H2,1-2H3,(H,11,14). The van der Waals surface area contributed by atoms with Crippen molar-refractivity contribution in [2.24, 2.45) is 0 Å². The molecule has 0 spiro atoms. The average molecular weight is 240 g/mol. The lowest BCUT2D eigenvalue weighted by Gasteiger charge is -2.08. The maximum atomic E-state index is 11.1. The highest BCUT2D eigenvalue weighted by molar-refractivity contribution is 5.89. The molecule has 0 aliphatic heterocycles. The molecule has 1 aromatic rings. The van der Waals surface area contributed by atoms with Crippen LogP contribution in [0.25, 0.3) is 0 Å².